The van der Waals surface area contributed by atoms with Crippen LogP contribution >= 0.6 is 0 Å². The number of alkyl halides is 2. The minimum Gasteiger partial charge on any atom is -0.393 e. The van der Waals surface area contributed by atoms with Crippen LogP contribution in [0, 0.1) is 6.92 Å². The van der Waals surface area contributed by atoms with E-state index in [1.165, 1.54) is 0 Å². The number of aryl methyl sites for hydroxylation is 1. The predicted octanol–water partition coefficient (Wildman–Crippen LogP) is 2.57. The molecular weight excluding hydrogens is 226 g/mol. The standard InChI is InChI=1S/C13H18F2O2/c1-10-4-2-3-5-11(10)8-12(16)6-7-17-9-13(14)15/h2-5,12-13,16H,6-9H2,1H3. The summed E-state index contributed by atoms with van der Waals surface area (Å²) in [6.45, 7) is 1.59. The Morgan fingerprint density at radius 3 is 2.65 bits per heavy atom. The number of hydrogen-bond acceptors (Lipinski definition) is 2. The molecule has 1 aromatic carbocycles. The molecule has 0 bridgehead atoms. The summed E-state index contributed by atoms with van der Waals surface area (Å²) in [7, 11) is 0. The summed E-state index contributed by atoms with van der Waals surface area (Å²) >= 11 is 0. The van der Waals surface area contributed by atoms with Gasteiger partial charge in [-0.1, -0.05) is 24.3 Å². The summed E-state index contributed by atoms with van der Waals surface area (Å²) < 4.78 is 28.3. The lowest BCUT2D eigenvalue weighted by atomic mass is 10.0. The predicted molar refractivity (Wildman–Crippen MR) is 62.3 cm³/mol. The molecule has 0 aliphatic rings. The summed E-state index contributed by atoms with van der Waals surface area (Å²) in [5.74, 6) is 0. The molecule has 0 aromatic heterocycles. The minimum absolute atomic E-state index is 0.164. The molecule has 96 valence electrons. The van der Waals surface area contributed by atoms with Crippen molar-refractivity contribution in [1.82, 2.24) is 0 Å². The molecule has 1 N–H and O–H groups in total. The smallest absolute Gasteiger partial charge is 0.261 e. The first kappa shape index (κ1) is 14.1. The van der Waals surface area contributed by atoms with Gasteiger partial charge in [0, 0.05) is 6.61 Å². The van der Waals surface area contributed by atoms with Gasteiger partial charge in [-0.3, -0.25) is 0 Å². The monoisotopic (exact) mass is 244 g/mol. The molecule has 0 amide bonds. The lowest BCUT2D eigenvalue weighted by Gasteiger charge is -2.12. The second-order valence-electron chi connectivity index (χ2n) is 4.04. The van der Waals surface area contributed by atoms with Crippen molar-refractivity contribution < 1.29 is 18.6 Å². The normalized spacial score (nSPS) is 13.0. The van der Waals surface area contributed by atoms with Crippen molar-refractivity contribution in [2.75, 3.05) is 13.2 Å². The van der Waals surface area contributed by atoms with E-state index in [1.54, 1.807) is 0 Å². The van der Waals surface area contributed by atoms with Gasteiger partial charge in [-0.25, -0.2) is 8.78 Å². The highest BCUT2D eigenvalue weighted by Crippen LogP contribution is 2.11. The molecule has 1 aromatic rings. The lowest BCUT2D eigenvalue weighted by Crippen LogP contribution is -2.15. The van der Waals surface area contributed by atoms with Gasteiger partial charge in [0.15, 0.2) is 0 Å². The van der Waals surface area contributed by atoms with E-state index in [4.69, 9.17) is 4.74 Å². The fourth-order valence-electron chi connectivity index (χ4n) is 1.59. The summed E-state index contributed by atoms with van der Waals surface area (Å²) in [5, 5.41) is 9.72. The largest absolute Gasteiger partial charge is 0.393 e. The maximum Gasteiger partial charge on any atom is 0.261 e. The molecule has 0 heterocycles. The molecule has 0 saturated carbocycles. The van der Waals surface area contributed by atoms with Gasteiger partial charge in [0.05, 0.1) is 6.10 Å². The third-order valence-corrected chi connectivity index (χ3v) is 2.56. The summed E-state index contributed by atoms with van der Waals surface area (Å²) in [6.07, 6.45) is -2.08. The van der Waals surface area contributed by atoms with Gasteiger partial charge in [-0.15, -0.1) is 0 Å². The Morgan fingerprint density at radius 2 is 2.00 bits per heavy atom. The molecule has 1 atom stereocenters. The average molecular weight is 244 g/mol. The minimum atomic E-state index is -2.44. The zero-order valence-corrected chi connectivity index (χ0v) is 9.90. The molecule has 4 heteroatoms. The molecule has 1 rings (SSSR count). The van der Waals surface area contributed by atoms with Gasteiger partial charge in [-0.2, -0.15) is 0 Å². The number of ether oxygens (including phenoxy) is 1. The second-order valence-corrected chi connectivity index (χ2v) is 4.04. The third-order valence-electron chi connectivity index (χ3n) is 2.56. The van der Waals surface area contributed by atoms with Crippen molar-refractivity contribution in [3.8, 4) is 0 Å². The highest BCUT2D eigenvalue weighted by Gasteiger charge is 2.08. The highest BCUT2D eigenvalue weighted by molar-refractivity contribution is 5.26. The van der Waals surface area contributed by atoms with Gasteiger partial charge in [0.2, 0.25) is 0 Å². The van der Waals surface area contributed by atoms with Crippen LogP contribution in [0.5, 0.6) is 0 Å². The Labute approximate surface area is 100 Å². The van der Waals surface area contributed by atoms with Crippen molar-refractivity contribution in [1.29, 1.82) is 0 Å². The van der Waals surface area contributed by atoms with Crippen LogP contribution in [0.25, 0.3) is 0 Å². The van der Waals surface area contributed by atoms with Crippen LogP contribution < -0.4 is 0 Å². The number of halogens is 2. The lowest BCUT2D eigenvalue weighted by molar-refractivity contribution is 0.00511. The second kappa shape index (κ2) is 7.35. The van der Waals surface area contributed by atoms with E-state index in [0.717, 1.165) is 11.1 Å². The van der Waals surface area contributed by atoms with Crippen molar-refractivity contribution in [3.05, 3.63) is 35.4 Å². The van der Waals surface area contributed by atoms with Crippen molar-refractivity contribution in [2.24, 2.45) is 0 Å². The molecule has 0 spiro atoms. The van der Waals surface area contributed by atoms with Crippen molar-refractivity contribution >= 4 is 0 Å². The van der Waals surface area contributed by atoms with Gasteiger partial charge in [0.1, 0.15) is 6.61 Å². The van der Waals surface area contributed by atoms with E-state index in [0.29, 0.717) is 12.8 Å². The van der Waals surface area contributed by atoms with Crippen molar-refractivity contribution in [3.63, 3.8) is 0 Å². The van der Waals surface area contributed by atoms with Crippen LogP contribution in [-0.4, -0.2) is 30.8 Å². The van der Waals surface area contributed by atoms with E-state index in [2.05, 4.69) is 0 Å². The van der Waals surface area contributed by atoms with Crippen LogP contribution in [0.3, 0.4) is 0 Å². The zero-order chi connectivity index (χ0) is 12.7. The average Bonchev–Trinajstić information content (AvgIpc) is 2.27. The first-order chi connectivity index (χ1) is 8.09. The number of hydrogen-bond donors (Lipinski definition) is 1. The Morgan fingerprint density at radius 1 is 1.29 bits per heavy atom. The molecule has 1 unspecified atom stereocenters. The Kier molecular flexibility index (Phi) is 6.08. The Balaban J connectivity index is 2.25. The number of benzene rings is 1. The molecule has 0 aliphatic carbocycles. The summed E-state index contributed by atoms with van der Waals surface area (Å²) in [5.41, 5.74) is 2.20. The van der Waals surface area contributed by atoms with E-state index in [9.17, 15) is 13.9 Å². The van der Waals surface area contributed by atoms with E-state index < -0.39 is 19.1 Å². The van der Waals surface area contributed by atoms with Crippen molar-refractivity contribution in [2.45, 2.75) is 32.3 Å². The maximum atomic E-state index is 11.8. The van der Waals surface area contributed by atoms with E-state index >= 15 is 0 Å². The molecule has 0 radical (unpaired) electrons. The van der Waals surface area contributed by atoms with Crippen LogP contribution in [-0.2, 0) is 11.2 Å². The molecule has 2 nitrogen and oxygen atoms in total. The fourth-order valence-corrected chi connectivity index (χ4v) is 1.59. The zero-order valence-electron chi connectivity index (χ0n) is 9.90. The molecule has 0 saturated heterocycles. The molecule has 0 fully saturated rings. The molecular formula is C13H18F2O2. The summed E-state index contributed by atoms with van der Waals surface area (Å²) in [6, 6.07) is 7.80. The van der Waals surface area contributed by atoms with Crippen LogP contribution in [0.1, 0.15) is 17.5 Å². The third kappa shape index (κ3) is 5.75. The first-order valence-electron chi connectivity index (χ1n) is 5.68. The SMILES string of the molecule is Cc1ccccc1CC(O)CCOCC(F)F. The number of aliphatic hydroxyl groups is 1. The molecule has 0 aliphatic heterocycles. The fraction of sp³-hybridized carbons (Fsp3) is 0.538. The Hall–Kier alpha value is -1.00. The van der Waals surface area contributed by atoms with E-state index in [-0.39, 0.29) is 6.61 Å². The first-order valence-corrected chi connectivity index (χ1v) is 5.68. The van der Waals surface area contributed by atoms with Crippen LogP contribution in [0.15, 0.2) is 24.3 Å². The van der Waals surface area contributed by atoms with Crippen LogP contribution in [0.4, 0.5) is 8.78 Å². The topological polar surface area (TPSA) is 29.5 Å². The van der Waals surface area contributed by atoms with Gasteiger partial charge in [0.25, 0.3) is 6.43 Å². The number of rotatable bonds is 7. The van der Waals surface area contributed by atoms with Gasteiger partial charge >= 0.3 is 0 Å². The quantitative estimate of drug-likeness (QED) is 0.747. The van der Waals surface area contributed by atoms with Gasteiger partial charge < -0.3 is 9.84 Å². The van der Waals surface area contributed by atoms with Gasteiger partial charge in [-0.05, 0) is 30.9 Å². The molecule has 17 heavy (non-hydrogen) atoms. The number of aliphatic hydroxyl groups excluding tert-OH is 1. The Bertz CT molecular complexity index is 329. The van der Waals surface area contributed by atoms with E-state index in [1.807, 2.05) is 31.2 Å². The maximum absolute atomic E-state index is 11.8. The summed E-state index contributed by atoms with van der Waals surface area (Å²) in [4.78, 5) is 0. The highest BCUT2D eigenvalue weighted by atomic mass is 19.3. The van der Waals surface area contributed by atoms with Crippen LogP contribution in [0.2, 0.25) is 0 Å².